The summed E-state index contributed by atoms with van der Waals surface area (Å²) in [6, 6.07) is 35.6. The zero-order valence-corrected chi connectivity index (χ0v) is 24.3. The summed E-state index contributed by atoms with van der Waals surface area (Å²) in [5.74, 6) is 0.373. The Morgan fingerprint density at radius 3 is 2.33 bits per heavy atom. The van der Waals surface area contributed by atoms with E-state index in [1.165, 1.54) is 0 Å². The summed E-state index contributed by atoms with van der Waals surface area (Å²) in [6.07, 6.45) is 1.59. The number of carbonyl (C=O) groups is 1. The molecule has 0 aliphatic rings. The van der Waals surface area contributed by atoms with Crippen LogP contribution in [-0.2, 0) is 6.61 Å². The first-order valence-corrected chi connectivity index (χ1v) is 13.9. The van der Waals surface area contributed by atoms with Crippen molar-refractivity contribution < 1.29 is 9.53 Å². The highest BCUT2D eigenvalue weighted by atomic mass is 79.9. The van der Waals surface area contributed by atoms with Crippen molar-refractivity contribution in [3.8, 4) is 22.7 Å². The van der Waals surface area contributed by atoms with Gasteiger partial charge in [0.2, 0.25) is 0 Å². The topological polar surface area (TPSA) is 55.6 Å². The van der Waals surface area contributed by atoms with Crippen LogP contribution in [0.3, 0.4) is 0 Å². The van der Waals surface area contributed by atoms with Gasteiger partial charge >= 0.3 is 0 Å². The molecule has 1 heterocycles. The van der Waals surface area contributed by atoms with Gasteiger partial charge in [-0.2, -0.15) is 5.10 Å². The minimum absolute atomic E-state index is 0.294. The van der Waals surface area contributed by atoms with Gasteiger partial charge in [0.1, 0.15) is 12.4 Å². The highest BCUT2D eigenvalue weighted by Gasteiger charge is 2.11. The predicted octanol–water partition coefficient (Wildman–Crippen LogP) is 8.32. The molecule has 0 aliphatic heterocycles. The molecular formula is C32H25Br2N3O2. The van der Waals surface area contributed by atoms with Gasteiger partial charge in [-0.15, -0.1) is 0 Å². The molecule has 0 atom stereocenters. The third-order valence-electron chi connectivity index (χ3n) is 6.18. The van der Waals surface area contributed by atoms with Crippen molar-refractivity contribution in [1.29, 1.82) is 0 Å². The van der Waals surface area contributed by atoms with E-state index >= 15 is 0 Å². The van der Waals surface area contributed by atoms with Crippen molar-refractivity contribution in [2.45, 2.75) is 13.5 Å². The summed E-state index contributed by atoms with van der Waals surface area (Å²) in [7, 11) is 0. The zero-order valence-electron chi connectivity index (χ0n) is 21.1. The van der Waals surface area contributed by atoms with Crippen LogP contribution in [0.25, 0.3) is 16.9 Å². The number of hydrazone groups is 1. The standard InChI is InChI=1S/C32H25Br2N3O2/c1-22-7-17-30(24-5-3-2-4-6-24)37(22)29-15-10-25(11-16-29)32(38)36-35-20-26-19-28(34)14-18-31(26)39-21-23-8-12-27(33)13-9-23/h2-20H,21H2,1H3,(H,36,38)/b35-20+. The number of hydrogen-bond donors (Lipinski definition) is 1. The molecule has 0 saturated carbocycles. The molecule has 5 aromatic rings. The Morgan fingerprint density at radius 2 is 1.59 bits per heavy atom. The maximum absolute atomic E-state index is 12.8. The fourth-order valence-electron chi connectivity index (χ4n) is 4.20. The normalized spacial score (nSPS) is 11.1. The molecule has 0 radical (unpaired) electrons. The highest BCUT2D eigenvalue weighted by Crippen LogP contribution is 2.27. The number of rotatable bonds is 8. The number of nitrogens with zero attached hydrogens (tertiary/aromatic N) is 2. The molecule has 7 heteroatoms. The molecule has 0 fully saturated rings. The first-order chi connectivity index (χ1) is 19.0. The van der Waals surface area contributed by atoms with Gasteiger partial charge < -0.3 is 9.30 Å². The number of aromatic nitrogens is 1. The SMILES string of the molecule is Cc1ccc(-c2ccccc2)n1-c1ccc(C(=O)N/N=C/c2cc(Br)ccc2OCc2ccc(Br)cc2)cc1. The minimum Gasteiger partial charge on any atom is -0.488 e. The highest BCUT2D eigenvalue weighted by molar-refractivity contribution is 9.10. The Bertz CT molecular complexity index is 1610. The third-order valence-corrected chi connectivity index (χ3v) is 7.20. The van der Waals surface area contributed by atoms with E-state index in [1.54, 1.807) is 18.3 Å². The molecule has 1 aromatic heterocycles. The summed E-state index contributed by atoms with van der Waals surface area (Å²) in [6.45, 7) is 2.49. The average molecular weight is 643 g/mol. The summed E-state index contributed by atoms with van der Waals surface area (Å²) in [4.78, 5) is 12.8. The van der Waals surface area contributed by atoms with E-state index in [9.17, 15) is 4.79 Å². The van der Waals surface area contributed by atoms with Crippen LogP contribution in [0.1, 0.15) is 27.2 Å². The molecule has 39 heavy (non-hydrogen) atoms. The number of aryl methyl sites for hydroxylation is 1. The molecular weight excluding hydrogens is 618 g/mol. The average Bonchev–Trinajstić information content (AvgIpc) is 3.35. The number of benzene rings is 4. The third kappa shape index (κ3) is 6.56. The Labute approximate surface area is 244 Å². The molecule has 0 unspecified atom stereocenters. The molecule has 5 nitrogen and oxygen atoms in total. The monoisotopic (exact) mass is 641 g/mol. The van der Waals surface area contributed by atoms with Gasteiger partial charge in [-0.25, -0.2) is 5.43 Å². The number of hydrogen-bond acceptors (Lipinski definition) is 3. The lowest BCUT2D eigenvalue weighted by Gasteiger charge is -2.13. The van der Waals surface area contributed by atoms with Crippen molar-refractivity contribution in [2.75, 3.05) is 0 Å². The maximum atomic E-state index is 12.8. The van der Waals surface area contributed by atoms with Crippen LogP contribution in [0.15, 0.2) is 123 Å². The quantitative estimate of drug-likeness (QED) is 0.137. The second-order valence-corrected chi connectivity index (χ2v) is 10.7. The minimum atomic E-state index is -0.294. The van der Waals surface area contributed by atoms with Crippen LogP contribution in [-0.4, -0.2) is 16.7 Å². The molecule has 1 N–H and O–H groups in total. The maximum Gasteiger partial charge on any atom is 0.271 e. The van der Waals surface area contributed by atoms with E-state index in [2.05, 4.69) is 78.1 Å². The lowest BCUT2D eigenvalue weighted by Crippen LogP contribution is -2.17. The van der Waals surface area contributed by atoms with Crippen molar-refractivity contribution >= 4 is 44.0 Å². The summed E-state index contributed by atoms with van der Waals surface area (Å²) >= 11 is 6.94. The van der Waals surface area contributed by atoms with Crippen molar-refractivity contribution in [1.82, 2.24) is 9.99 Å². The molecule has 0 saturated heterocycles. The smallest absolute Gasteiger partial charge is 0.271 e. The number of carbonyl (C=O) groups excluding carboxylic acids is 1. The van der Waals surface area contributed by atoms with Gasteiger partial charge in [0.25, 0.3) is 5.91 Å². The van der Waals surface area contributed by atoms with Gasteiger partial charge in [0.05, 0.1) is 11.9 Å². The van der Waals surface area contributed by atoms with Crippen LogP contribution in [0.4, 0.5) is 0 Å². The Morgan fingerprint density at radius 1 is 0.872 bits per heavy atom. The predicted molar refractivity (Wildman–Crippen MR) is 164 cm³/mol. The second-order valence-electron chi connectivity index (χ2n) is 8.90. The molecule has 5 rings (SSSR count). The summed E-state index contributed by atoms with van der Waals surface area (Å²) in [5, 5.41) is 4.19. The Kier molecular flexibility index (Phi) is 8.39. The van der Waals surface area contributed by atoms with Gasteiger partial charge in [0, 0.05) is 31.5 Å². The molecule has 1 amide bonds. The van der Waals surface area contributed by atoms with Crippen molar-refractivity contribution in [2.24, 2.45) is 5.10 Å². The fraction of sp³-hybridized carbons (Fsp3) is 0.0625. The van der Waals surface area contributed by atoms with E-state index in [1.807, 2.05) is 72.8 Å². The Hall–Kier alpha value is -3.94. The zero-order chi connectivity index (χ0) is 27.2. The molecule has 4 aromatic carbocycles. The van der Waals surface area contributed by atoms with E-state index in [4.69, 9.17) is 4.74 Å². The second kappa shape index (κ2) is 12.3. The first-order valence-electron chi connectivity index (χ1n) is 12.3. The molecule has 0 bridgehead atoms. The van der Waals surface area contributed by atoms with Gasteiger partial charge in [-0.05, 0) is 84.8 Å². The molecule has 0 spiro atoms. The fourth-order valence-corrected chi connectivity index (χ4v) is 4.84. The van der Waals surface area contributed by atoms with Gasteiger partial charge in [0.15, 0.2) is 0 Å². The first kappa shape index (κ1) is 26.7. The van der Waals surface area contributed by atoms with Crippen molar-refractivity contribution in [3.63, 3.8) is 0 Å². The molecule has 0 aliphatic carbocycles. The number of halogens is 2. The van der Waals surface area contributed by atoms with Crippen molar-refractivity contribution in [3.05, 3.63) is 141 Å². The van der Waals surface area contributed by atoms with Gasteiger partial charge in [-0.1, -0.05) is 74.3 Å². The number of amides is 1. The summed E-state index contributed by atoms with van der Waals surface area (Å²) < 4.78 is 10.1. The largest absolute Gasteiger partial charge is 0.488 e. The van der Waals surface area contributed by atoms with E-state index in [0.717, 1.165) is 42.7 Å². The van der Waals surface area contributed by atoms with Crippen LogP contribution in [0.2, 0.25) is 0 Å². The van der Waals surface area contributed by atoms with Crippen LogP contribution < -0.4 is 10.2 Å². The van der Waals surface area contributed by atoms with Gasteiger partial charge in [-0.3, -0.25) is 4.79 Å². The van der Waals surface area contributed by atoms with E-state index < -0.39 is 0 Å². The van der Waals surface area contributed by atoms with E-state index in [-0.39, 0.29) is 5.91 Å². The lowest BCUT2D eigenvalue weighted by molar-refractivity contribution is 0.0955. The van der Waals surface area contributed by atoms with Crippen LogP contribution in [0.5, 0.6) is 5.75 Å². The van der Waals surface area contributed by atoms with Crippen LogP contribution >= 0.6 is 31.9 Å². The lowest BCUT2D eigenvalue weighted by atomic mass is 10.1. The number of ether oxygens (including phenoxy) is 1. The number of nitrogens with one attached hydrogen (secondary N) is 1. The Balaban J connectivity index is 1.27. The molecule has 194 valence electrons. The van der Waals surface area contributed by atoms with E-state index in [0.29, 0.717) is 17.9 Å². The van der Waals surface area contributed by atoms with Crippen LogP contribution in [0, 0.1) is 6.92 Å². The summed E-state index contributed by atoms with van der Waals surface area (Å²) in [5.41, 5.74) is 9.26.